The minimum absolute atomic E-state index is 0.335. The van der Waals surface area contributed by atoms with Crippen LogP contribution in [0.2, 0.25) is 0 Å². The smallest absolute Gasteiger partial charge is 0.146 e. The first kappa shape index (κ1) is 12.5. The van der Waals surface area contributed by atoms with Crippen molar-refractivity contribution >= 4 is 15.9 Å². The lowest BCUT2D eigenvalue weighted by molar-refractivity contribution is -0.0291. The Kier molecular flexibility index (Phi) is 5.68. The Bertz CT molecular complexity index is 302. The normalized spacial score (nSPS) is 10.3. The first-order chi connectivity index (χ1) is 7.27. The van der Waals surface area contributed by atoms with Crippen LogP contribution >= 0.6 is 15.9 Å². The predicted molar refractivity (Wildman–Crippen MR) is 62.2 cm³/mol. The maximum Gasteiger partial charge on any atom is 0.146 e. The standard InChI is InChI=1S/C11H15BrO3/c1-13-8-15-6-5-9-7-10(14-2)3-4-11(9)12/h3-4,7H,5-6,8H2,1-2H3. The van der Waals surface area contributed by atoms with Gasteiger partial charge in [-0.3, -0.25) is 0 Å². The van der Waals surface area contributed by atoms with Crippen molar-refractivity contribution in [1.82, 2.24) is 0 Å². The molecule has 0 spiro atoms. The second-order valence-corrected chi connectivity index (χ2v) is 3.88. The highest BCUT2D eigenvalue weighted by Crippen LogP contribution is 2.22. The number of benzene rings is 1. The van der Waals surface area contributed by atoms with E-state index in [-0.39, 0.29) is 0 Å². The van der Waals surface area contributed by atoms with E-state index in [1.807, 2.05) is 18.2 Å². The van der Waals surface area contributed by atoms with Crippen molar-refractivity contribution in [2.75, 3.05) is 27.6 Å². The van der Waals surface area contributed by atoms with Crippen LogP contribution in [0.1, 0.15) is 5.56 Å². The average Bonchev–Trinajstić information content (AvgIpc) is 2.26. The maximum absolute atomic E-state index is 5.23. The fraction of sp³-hybridized carbons (Fsp3) is 0.455. The molecule has 0 bridgehead atoms. The van der Waals surface area contributed by atoms with Gasteiger partial charge in [-0.2, -0.15) is 0 Å². The SMILES string of the molecule is COCOCCc1cc(OC)ccc1Br. The quantitative estimate of drug-likeness (QED) is 0.590. The largest absolute Gasteiger partial charge is 0.497 e. The van der Waals surface area contributed by atoms with Gasteiger partial charge in [0.2, 0.25) is 0 Å². The van der Waals surface area contributed by atoms with Gasteiger partial charge >= 0.3 is 0 Å². The summed E-state index contributed by atoms with van der Waals surface area (Å²) in [7, 11) is 3.27. The molecule has 1 rings (SSSR count). The minimum Gasteiger partial charge on any atom is -0.497 e. The van der Waals surface area contributed by atoms with Crippen molar-refractivity contribution in [3.05, 3.63) is 28.2 Å². The molecule has 0 radical (unpaired) electrons. The Balaban J connectivity index is 2.51. The van der Waals surface area contributed by atoms with Gasteiger partial charge in [0.25, 0.3) is 0 Å². The van der Waals surface area contributed by atoms with Gasteiger partial charge in [-0.1, -0.05) is 15.9 Å². The van der Waals surface area contributed by atoms with E-state index < -0.39 is 0 Å². The lowest BCUT2D eigenvalue weighted by Crippen LogP contribution is -2.02. The van der Waals surface area contributed by atoms with E-state index in [0.717, 1.165) is 16.6 Å². The molecule has 4 heteroatoms. The highest BCUT2D eigenvalue weighted by atomic mass is 79.9. The Morgan fingerprint density at radius 3 is 2.73 bits per heavy atom. The van der Waals surface area contributed by atoms with Crippen LogP contribution in [-0.2, 0) is 15.9 Å². The predicted octanol–water partition coefficient (Wildman–Crippen LogP) is 2.62. The van der Waals surface area contributed by atoms with Crippen molar-refractivity contribution in [2.24, 2.45) is 0 Å². The zero-order chi connectivity index (χ0) is 11.1. The van der Waals surface area contributed by atoms with Crippen LogP contribution in [0.15, 0.2) is 22.7 Å². The van der Waals surface area contributed by atoms with E-state index in [9.17, 15) is 0 Å². The van der Waals surface area contributed by atoms with Crippen LogP contribution in [0.5, 0.6) is 5.75 Å². The van der Waals surface area contributed by atoms with Crippen molar-refractivity contribution in [3.63, 3.8) is 0 Å². The molecule has 0 aliphatic heterocycles. The van der Waals surface area contributed by atoms with Gasteiger partial charge in [0, 0.05) is 11.6 Å². The van der Waals surface area contributed by atoms with Gasteiger partial charge in [-0.05, 0) is 30.2 Å². The first-order valence-corrected chi connectivity index (χ1v) is 5.46. The average molecular weight is 275 g/mol. The Morgan fingerprint density at radius 1 is 1.27 bits per heavy atom. The fourth-order valence-corrected chi connectivity index (χ4v) is 1.64. The molecule has 0 amide bonds. The number of ether oxygens (including phenoxy) is 3. The molecule has 84 valence electrons. The summed E-state index contributed by atoms with van der Waals surface area (Å²) in [4.78, 5) is 0. The molecule has 0 heterocycles. The highest BCUT2D eigenvalue weighted by Gasteiger charge is 2.01. The summed E-state index contributed by atoms with van der Waals surface area (Å²) >= 11 is 3.49. The van der Waals surface area contributed by atoms with Gasteiger partial charge in [-0.25, -0.2) is 0 Å². The van der Waals surface area contributed by atoms with E-state index >= 15 is 0 Å². The van der Waals surface area contributed by atoms with E-state index in [1.54, 1.807) is 14.2 Å². The molecule has 0 aliphatic rings. The van der Waals surface area contributed by atoms with Crippen LogP contribution in [0.4, 0.5) is 0 Å². The molecule has 0 atom stereocenters. The van der Waals surface area contributed by atoms with Crippen LogP contribution in [0.3, 0.4) is 0 Å². The summed E-state index contributed by atoms with van der Waals surface area (Å²) in [6, 6.07) is 5.90. The lowest BCUT2D eigenvalue weighted by atomic mass is 10.1. The Hall–Kier alpha value is -0.580. The van der Waals surface area contributed by atoms with Crippen molar-refractivity contribution in [2.45, 2.75) is 6.42 Å². The van der Waals surface area contributed by atoms with E-state index in [1.165, 1.54) is 5.56 Å². The molecule has 0 aliphatic carbocycles. The molecule has 1 aromatic carbocycles. The van der Waals surface area contributed by atoms with E-state index in [4.69, 9.17) is 14.2 Å². The first-order valence-electron chi connectivity index (χ1n) is 4.67. The molecule has 15 heavy (non-hydrogen) atoms. The second kappa shape index (κ2) is 6.82. The van der Waals surface area contributed by atoms with Crippen molar-refractivity contribution in [1.29, 1.82) is 0 Å². The zero-order valence-corrected chi connectivity index (χ0v) is 10.5. The van der Waals surface area contributed by atoms with Gasteiger partial charge in [0.15, 0.2) is 0 Å². The van der Waals surface area contributed by atoms with Crippen LogP contribution in [0, 0.1) is 0 Å². The summed E-state index contributed by atoms with van der Waals surface area (Å²) in [5, 5.41) is 0. The number of hydrogen-bond acceptors (Lipinski definition) is 3. The number of hydrogen-bond donors (Lipinski definition) is 0. The van der Waals surface area contributed by atoms with Gasteiger partial charge in [0.1, 0.15) is 12.5 Å². The van der Waals surface area contributed by atoms with Gasteiger partial charge < -0.3 is 14.2 Å². The van der Waals surface area contributed by atoms with E-state index in [0.29, 0.717) is 13.4 Å². The van der Waals surface area contributed by atoms with Crippen molar-refractivity contribution < 1.29 is 14.2 Å². The highest BCUT2D eigenvalue weighted by molar-refractivity contribution is 9.10. The molecule has 0 saturated heterocycles. The Morgan fingerprint density at radius 2 is 2.07 bits per heavy atom. The Labute approximate surface area is 98.5 Å². The second-order valence-electron chi connectivity index (χ2n) is 3.02. The summed E-state index contributed by atoms with van der Waals surface area (Å²) in [5.41, 5.74) is 1.17. The lowest BCUT2D eigenvalue weighted by Gasteiger charge is -2.07. The molecule has 0 N–H and O–H groups in total. The summed E-state index contributed by atoms with van der Waals surface area (Å²) in [6.45, 7) is 0.973. The maximum atomic E-state index is 5.23. The van der Waals surface area contributed by atoms with Crippen LogP contribution in [0.25, 0.3) is 0 Å². The third-order valence-electron chi connectivity index (χ3n) is 1.97. The molecular weight excluding hydrogens is 260 g/mol. The summed E-state index contributed by atoms with van der Waals surface area (Å²) < 4.78 is 16.3. The molecule has 0 saturated carbocycles. The van der Waals surface area contributed by atoms with Crippen LogP contribution in [-0.4, -0.2) is 27.6 Å². The van der Waals surface area contributed by atoms with Gasteiger partial charge in [0.05, 0.1) is 13.7 Å². The third kappa shape index (κ3) is 4.20. The van der Waals surface area contributed by atoms with E-state index in [2.05, 4.69) is 15.9 Å². The van der Waals surface area contributed by atoms with Gasteiger partial charge in [-0.15, -0.1) is 0 Å². The molecular formula is C11H15BrO3. The molecule has 0 unspecified atom stereocenters. The number of methoxy groups -OCH3 is 2. The fourth-order valence-electron chi connectivity index (χ4n) is 1.19. The third-order valence-corrected chi connectivity index (χ3v) is 2.74. The molecule has 0 aromatic heterocycles. The van der Waals surface area contributed by atoms with Crippen molar-refractivity contribution in [3.8, 4) is 5.75 Å². The monoisotopic (exact) mass is 274 g/mol. The summed E-state index contributed by atoms with van der Waals surface area (Å²) in [5.74, 6) is 0.861. The zero-order valence-electron chi connectivity index (χ0n) is 8.96. The molecule has 3 nitrogen and oxygen atoms in total. The molecule has 1 aromatic rings. The van der Waals surface area contributed by atoms with Crippen LogP contribution < -0.4 is 4.74 Å². The number of rotatable bonds is 6. The topological polar surface area (TPSA) is 27.7 Å². The number of halogens is 1. The minimum atomic E-state index is 0.335. The summed E-state index contributed by atoms with van der Waals surface area (Å²) in [6.07, 6.45) is 0.834. The molecule has 0 fully saturated rings.